The summed E-state index contributed by atoms with van der Waals surface area (Å²) in [5.74, 6) is -1.93. The maximum Gasteiger partial charge on any atom is 0.303 e. The van der Waals surface area contributed by atoms with Crippen molar-refractivity contribution in [1.29, 1.82) is 0 Å². The van der Waals surface area contributed by atoms with Crippen molar-refractivity contribution in [3.05, 3.63) is 0 Å². The molecule has 1 saturated carbocycles. The van der Waals surface area contributed by atoms with Gasteiger partial charge >= 0.3 is 5.97 Å². The Morgan fingerprint density at radius 3 is 1.64 bits per heavy atom. The molecule has 3 rings (SSSR count). The number of carbonyl (C=O) groups excluding carboxylic acids is 1. The quantitative estimate of drug-likeness (QED) is 0.703. The molecule has 2 aliphatic heterocycles. The van der Waals surface area contributed by atoms with Crippen LogP contribution in [-0.2, 0) is 33.2 Å². The highest BCUT2D eigenvalue weighted by atomic mass is 16.8. The molecular weight excluding hydrogens is 292 g/mol. The number of hydrogen-bond donors (Lipinski definition) is 0. The third kappa shape index (κ3) is 2.65. The zero-order chi connectivity index (χ0) is 16.3. The highest BCUT2D eigenvalue weighted by molar-refractivity contribution is 5.66. The van der Waals surface area contributed by atoms with Crippen LogP contribution >= 0.6 is 0 Å². The zero-order valence-electron chi connectivity index (χ0n) is 13.8. The molecule has 126 valence electrons. The van der Waals surface area contributed by atoms with Crippen LogP contribution in [0.5, 0.6) is 0 Å². The third-order valence-corrected chi connectivity index (χ3v) is 4.20. The van der Waals surface area contributed by atoms with E-state index in [1.807, 2.05) is 27.7 Å². The molecule has 0 bridgehead atoms. The molecule has 0 aromatic carbocycles. The summed E-state index contributed by atoms with van der Waals surface area (Å²) < 4.78 is 35.0. The number of carbonyl (C=O) groups is 1. The lowest BCUT2D eigenvalue weighted by Gasteiger charge is -2.41. The van der Waals surface area contributed by atoms with E-state index in [9.17, 15) is 4.79 Å². The van der Waals surface area contributed by atoms with E-state index in [0.29, 0.717) is 0 Å². The number of esters is 1. The van der Waals surface area contributed by atoms with Gasteiger partial charge in [-0.3, -0.25) is 4.79 Å². The van der Waals surface area contributed by atoms with Crippen LogP contribution in [0.1, 0.15) is 34.6 Å². The smallest absolute Gasteiger partial charge is 0.303 e. The average Bonchev–Trinajstić information content (AvgIpc) is 2.84. The predicted molar refractivity (Wildman–Crippen MR) is 74.0 cm³/mol. The molecule has 0 aromatic heterocycles. The topological polar surface area (TPSA) is 72.5 Å². The van der Waals surface area contributed by atoms with E-state index in [0.717, 1.165) is 0 Å². The van der Waals surface area contributed by atoms with Crippen molar-refractivity contribution in [1.82, 2.24) is 0 Å². The number of rotatable bonds is 2. The molecule has 3 aliphatic rings. The summed E-state index contributed by atoms with van der Waals surface area (Å²) in [6.45, 7) is 8.70. The van der Waals surface area contributed by atoms with E-state index in [2.05, 4.69) is 0 Å². The molecule has 0 aromatic rings. The summed E-state index contributed by atoms with van der Waals surface area (Å²) in [6.07, 6.45) is -2.63. The Kier molecular flexibility index (Phi) is 3.77. The van der Waals surface area contributed by atoms with E-state index < -0.39 is 35.9 Å². The molecule has 7 heteroatoms. The molecule has 1 aliphatic carbocycles. The molecular formula is C15H24O7. The van der Waals surface area contributed by atoms with Gasteiger partial charge in [-0.15, -0.1) is 0 Å². The van der Waals surface area contributed by atoms with Gasteiger partial charge in [0.05, 0.1) is 0 Å². The Hall–Kier alpha value is -0.730. The van der Waals surface area contributed by atoms with E-state index in [1.54, 1.807) is 7.11 Å². The van der Waals surface area contributed by atoms with E-state index >= 15 is 0 Å². The summed E-state index contributed by atoms with van der Waals surface area (Å²) in [5, 5.41) is 0. The summed E-state index contributed by atoms with van der Waals surface area (Å²) in [5.41, 5.74) is 0. The number of ether oxygens (including phenoxy) is 6. The average molecular weight is 316 g/mol. The van der Waals surface area contributed by atoms with Crippen molar-refractivity contribution in [3.8, 4) is 0 Å². The van der Waals surface area contributed by atoms with E-state index in [-0.39, 0.29) is 18.3 Å². The Morgan fingerprint density at radius 2 is 1.23 bits per heavy atom. The molecule has 6 atom stereocenters. The second kappa shape index (κ2) is 5.14. The fraction of sp³-hybridized carbons (Fsp3) is 0.933. The maximum absolute atomic E-state index is 11.5. The van der Waals surface area contributed by atoms with Crippen LogP contribution < -0.4 is 0 Å². The van der Waals surface area contributed by atoms with Crippen LogP contribution in [0.4, 0.5) is 0 Å². The second-order valence-electron chi connectivity index (χ2n) is 6.90. The van der Waals surface area contributed by atoms with Crippen LogP contribution in [0.15, 0.2) is 0 Å². The lowest BCUT2D eigenvalue weighted by Crippen LogP contribution is -2.63. The number of hydrogen-bond acceptors (Lipinski definition) is 7. The minimum atomic E-state index is -0.781. The Balaban J connectivity index is 1.96. The first-order valence-electron chi connectivity index (χ1n) is 7.55. The normalized spacial score (nSPS) is 45.2. The minimum Gasteiger partial charge on any atom is -0.457 e. The highest BCUT2D eigenvalue weighted by Crippen LogP contribution is 2.46. The van der Waals surface area contributed by atoms with Crippen LogP contribution in [-0.4, -0.2) is 61.3 Å². The van der Waals surface area contributed by atoms with Crippen LogP contribution in [0.3, 0.4) is 0 Å². The standard InChI is InChI=1S/C15H24O7/c1-7(16)18-9-8(17-6)10-12(21-14(2,3)19-10)13-11(9)20-15(4,5)22-13/h8-13H,1-6H3/t8-,9+,10+,11-,12-,13-/m1/s1. The Morgan fingerprint density at radius 1 is 0.818 bits per heavy atom. The fourth-order valence-electron chi connectivity index (χ4n) is 3.62. The number of fused-ring (bicyclic) bond motifs is 3. The van der Waals surface area contributed by atoms with Gasteiger partial charge in [-0.1, -0.05) is 0 Å². The summed E-state index contributed by atoms with van der Waals surface area (Å²) in [6, 6.07) is 0. The molecule has 22 heavy (non-hydrogen) atoms. The number of methoxy groups -OCH3 is 1. The monoisotopic (exact) mass is 316 g/mol. The van der Waals surface area contributed by atoms with Crippen LogP contribution in [0, 0.1) is 0 Å². The molecule has 0 unspecified atom stereocenters. The molecule has 0 amide bonds. The minimum absolute atomic E-state index is 0.335. The van der Waals surface area contributed by atoms with Gasteiger partial charge in [0.15, 0.2) is 17.7 Å². The molecule has 2 saturated heterocycles. The SMILES string of the molecule is CO[C@@H]1[C@H](OC(C)=O)[C@H]2OC(C)(C)O[C@H]2[C@@H]2OC(C)(C)O[C@@H]12. The van der Waals surface area contributed by atoms with Crippen molar-refractivity contribution in [2.24, 2.45) is 0 Å². The first kappa shape index (κ1) is 16.1. The van der Waals surface area contributed by atoms with Gasteiger partial charge in [0.2, 0.25) is 0 Å². The Bertz CT molecular complexity index is 461. The van der Waals surface area contributed by atoms with Crippen LogP contribution in [0.25, 0.3) is 0 Å². The van der Waals surface area contributed by atoms with Gasteiger partial charge in [-0.2, -0.15) is 0 Å². The van der Waals surface area contributed by atoms with Crippen molar-refractivity contribution >= 4 is 5.97 Å². The van der Waals surface area contributed by atoms with Gasteiger partial charge in [-0.25, -0.2) is 0 Å². The van der Waals surface area contributed by atoms with Crippen molar-refractivity contribution in [3.63, 3.8) is 0 Å². The highest BCUT2D eigenvalue weighted by Gasteiger charge is 2.64. The van der Waals surface area contributed by atoms with Crippen LogP contribution in [0.2, 0.25) is 0 Å². The van der Waals surface area contributed by atoms with E-state index in [4.69, 9.17) is 28.4 Å². The van der Waals surface area contributed by atoms with Gasteiger partial charge in [-0.05, 0) is 27.7 Å². The molecule has 0 spiro atoms. The van der Waals surface area contributed by atoms with E-state index in [1.165, 1.54) is 6.92 Å². The summed E-state index contributed by atoms with van der Waals surface area (Å²) in [7, 11) is 1.56. The molecule has 2 heterocycles. The second-order valence-corrected chi connectivity index (χ2v) is 6.90. The molecule has 7 nitrogen and oxygen atoms in total. The van der Waals surface area contributed by atoms with Gasteiger partial charge in [0.25, 0.3) is 0 Å². The Labute approximate surface area is 130 Å². The lowest BCUT2D eigenvalue weighted by atomic mass is 9.84. The summed E-state index contributed by atoms with van der Waals surface area (Å²) in [4.78, 5) is 11.5. The third-order valence-electron chi connectivity index (χ3n) is 4.20. The largest absolute Gasteiger partial charge is 0.457 e. The predicted octanol–water partition coefficient (Wildman–Crippen LogP) is 0.987. The van der Waals surface area contributed by atoms with Gasteiger partial charge in [0, 0.05) is 14.0 Å². The lowest BCUT2D eigenvalue weighted by molar-refractivity contribution is -0.202. The summed E-state index contributed by atoms with van der Waals surface area (Å²) >= 11 is 0. The van der Waals surface area contributed by atoms with Gasteiger partial charge < -0.3 is 28.4 Å². The first-order valence-corrected chi connectivity index (χ1v) is 7.55. The maximum atomic E-state index is 11.5. The zero-order valence-corrected chi connectivity index (χ0v) is 13.8. The molecule has 3 fully saturated rings. The van der Waals surface area contributed by atoms with Crippen molar-refractivity contribution < 1.29 is 33.2 Å². The van der Waals surface area contributed by atoms with Gasteiger partial charge in [0.1, 0.15) is 30.5 Å². The van der Waals surface area contributed by atoms with Crippen molar-refractivity contribution in [2.45, 2.75) is 82.8 Å². The first-order chi connectivity index (χ1) is 10.1. The molecule has 0 radical (unpaired) electrons. The fourth-order valence-corrected chi connectivity index (χ4v) is 3.62. The van der Waals surface area contributed by atoms with Crippen molar-refractivity contribution in [2.75, 3.05) is 7.11 Å². The molecule has 0 N–H and O–H groups in total.